The van der Waals surface area contributed by atoms with E-state index in [1.165, 1.54) is 11.1 Å². The monoisotopic (exact) mass is 404 g/mol. The fourth-order valence-electron chi connectivity index (χ4n) is 2.38. The Morgan fingerprint density at radius 3 is 1.52 bits per heavy atom. The number of aromatic hydroxyl groups is 1. The van der Waals surface area contributed by atoms with E-state index in [0.717, 1.165) is 24.3 Å². The summed E-state index contributed by atoms with van der Waals surface area (Å²) in [7, 11) is 0. The van der Waals surface area contributed by atoms with Gasteiger partial charge in [-0.2, -0.15) is 13.2 Å². The van der Waals surface area contributed by atoms with E-state index < -0.39 is 11.8 Å². The Morgan fingerprint density at radius 1 is 0.724 bits per heavy atom. The molecule has 3 rings (SSSR count). The Hall–Kier alpha value is -2.83. The fourth-order valence-corrected chi connectivity index (χ4v) is 2.38. The van der Waals surface area contributed by atoms with Gasteiger partial charge in [-0.05, 0) is 35.7 Å². The van der Waals surface area contributed by atoms with E-state index in [-0.39, 0.29) is 11.3 Å². The second kappa shape index (κ2) is 10.1. The summed E-state index contributed by atoms with van der Waals surface area (Å²) in [6.45, 7) is 2.02. The molecule has 3 nitrogen and oxygen atoms in total. The number of halogens is 3. The van der Waals surface area contributed by atoms with Gasteiger partial charge < -0.3 is 14.9 Å². The molecule has 3 aromatic carbocycles. The summed E-state index contributed by atoms with van der Waals surface area (Å²) < 4.78 is 42.5. The Kier molecular flexibility index (Phi) is 7.82. The Balaban J connectivity index is 0.000000208. The van der Waals surface area contributed by atoms with Gasteiger partial charge in [0, 0.05) is 0 Å². The van der Waals surface area contributed by atoms with Gasteiger partial charge in [-0.15, -0.1) is 0 Å². The van der Waals surface area contributed by atoms with Crippen molar-refractivity contribution in [1.82, 2.24) is 0 Å². The molecule has 2 N–H and O–H groups in total. The van der Waals surface area contributed by atoms with Crippen LogP contribution in [0.4, 0.5) is 13.2 Å². The van der Waals surface area contributed by atoms with Crippen LogP contribution in [0.15, 0.2) is 84.9 Å². The molecule has 0 amide bonds. The molecule has 154 valence electrons. The van der Waals surface area contributed by atoms with Gasteiger partial charge in [0.25, 0.3) is 0 Å². The van der Waals surface area contributed by atoms with Gasteiger partial charge in [0.1, 0.15) is 5.75 Å². The number of aliphatic hydroxyl groups is 1. The molecule has 0 aromatic heterocycles. The van der Waals surface area contributed by atoms with Crippen LogP contribution in [0.1, 0.15) is 23.6 Å². The van der Waals surface area contributed by atoms with Gasteiger partial charge in [-0.1, -0.05) is 72.8 Å². The molecule has 0 bridgehead atoms. The van der Waals surface area contributed by atoms with E-state index in [2.05, 4.69) is 24.3 Å². The van der Waals surface area contributed by atoms with Crippen molar-refractivity contribution in [3.63, 3.8) is 0 Å². The van der Waals surface area contributed by atoms with Crippen molar-refractivity contribution < 1.29 is 28.1 Å². The van der Waals surface area contributed by atoms with Crippen LogP contribution in [-0.4, -0.2) is 16.4 Å². The Labute approximate surface area is 168 Å². The number of alkyl halides is 3. The third-order valence-corrected chi connectivity index (χ3v) is 4.20. The molecule has 0 saturated heterocycles. The average molecular weight is 404 g/mol. The summed E-state index contributed by atoms with van der Waals surface area (Å²) in [5, 5.41) is 18.1. The number of benzene rings is 3. The van der Waals surface area contributed by atoms with Crippen LogP contribution in [0.5, 0.6) is 5.75 Å². The zero-order valence-electron chi connectivity index (χ0n) is 15.9. The second-order valence-electron chi connectivity index (χ2n) is 6.58. The zero-order chi connectivity index (χ0) is 21.3. The molecule has 0 aliphatic heterocycles. The average Bonchev–Trinajstić information content (AvgIpc) is 2.70. The largest absolute Gasteiger partial charge is 0.508 e. The van der Waals surface area contributed by atoms with Crippen molar-refractivity contribution in [2.75, 3.05) is 0 Å². The van der Waals surface area contributed by atoms with Crippen LogP contribution >= 0.6 is 0 Å². The van der Waals surface area contributed by atoms with Crippen LogP contribution in [0.25, 0.3) is 0 Å². The summed E-state index contributed by atoms with van der Waals surface area (Å²) in [4.78, 5) is 0. The van der Waals surface area contributed by atoms with Gasteiger partial charge in [0.2, 0.25) is 0 Å². The van der Waals surface area contributed by atoms with E-state index >= 15 is 0 Å². The molecule has 1 atom stereocenters. The lowest BCUT2D eigenvalue weighted by molar-refractivity contribution is -0.258. The third kappa shape index (κ3) is 6.93. The van der Waals surface area contributed by atoms with Crippen molar-refractivity contribution in [3.05, 3.63) is 102 Å². The maximum absolute atomic E-state index is 12.3. The highest BCUT2D eigenvalue weighted by atomic mass is 19.4. The van der Waals surface area contributed by atoms with E-state index in [1.54, 1.807) is 0 Å². The highest BCUT2D eigenvalue weighted by molar-refractivity contribution is 5.30. The van der Waals surface area contributed by atoms with Crippen molar-refractivity contribution in [2.45, 2.75) is 31.9 Å². The third-order valence-electron chi connectivity index (χ3n) is 4.20. The maximum atomic E-state index is 12.3. The minimum Gasteiger partial charge on any atom is -0.508 e. The molecule has 0 radical (unpaired) electrons. The zero-order valence-corrected chi connectivity index (χ0v) is 15.9. The molecule has 0 saturated carbocycles. The Bertz CT molecular complexity index is 807. The van der Waals surface area contributed by atoms with Crippen molar-refractivity contribution in [1.29, 1.82) is 0 Å². The van der Waals surface area contributed by atoms with Gasteiger partial charge >= 0.3 is 6.18 Å². The summed E-state index contributed by atoms with van der Waals surface area (Å²) in [6, 6.07) is 24.7. The van der Waals surface area contributed by atoms with Crippen LogP contribution in [0, 0.1) is 0 Å². The normalized spacial score (nSPS) is 13.1. The lowest BCUT2D eigenvalue weighted by Crippen LogP contribution is -2.39. The predicted molar refractivity (Wildman–Crippen MR) is 105 cm³/mol. The standard InChI is InChI=1S/C14H14O.C9H9F3O2/c1-3-7-13(8-4-1)11-15-12-14-9-5-2-6-10-14;1-8(14,9(10,11)12)6-2-4-7(13)5-3-6/h1-10H,11-12H2;2-5,13-14H,1H3. The van der Waals surface area contributed by atoms with E-state index in [0.29, 0.717) is 20.1 Å². The quantitative estimate of drug-likeness (QED) is 0.585. The first kappa shape index (κ1) is 22.5. The summed E-state index contributed by atoms with van der Waals surface area (Å²) in [6.07, 6.45) is -4.73. The van der Waals surface area contributed by atoms with Crippen molar-refractivity contribution >= 4 is 0 Å². The highest BCUT2D eigenvalue weighted by Crippen LogP contribution is 2.38. The molecule has 6 heteroatoms. The number of hydrogen-bond acceptors (Lipinski definition) is 3. The molecule has 1 unspecified atom stereocenters. The summed E-state index contributed by atoms with van der Waals surface area (Å²) >= 11 is 0. The lowest BCUT2D eigenvalue weighted by atomic mass is 9.95. The van der Waals surface area contributed by atoms with E-state index in [9.17, 15) is 18.3 Å². The van der Waals surface area contributed by atoms with Crippen molar-refractivity contribution in [2.24, 2.45) is 0 Å². The van der Waals surface area contributed by atoms with Gasteiger partial charge in [-0.3, -0.25) is 0 Å². The predicted octanol–water partition coefficient (Wildman–Crippen LogP) is 5.57. The molecule has 0 spiro atoms. The smallest absolute Gasteiger partial charge is 0.421 e. The first-order valence-corrected chi connectivity index (χ1v) is 8.94. The SMILES string of the molecule is CC(O)(c1ccc(O)cc1)C(F)(F)F.c1ccc(COCc2ccccc2)cc1. The maximum Gasteiger partial charge on any atom is 0.421 e. The Morgan fingerprint density at radius 2 is 1.14 bits per heavy atom. The molecule has 0 heterocycles. The first-order valence-electron chi connectivity index (χ1n) is 8.94. The molecule has 0 fully saturated rings. The fraction of sp³-hybridized carbons (Fsp3) is 0.217. The number of ether oxygens (including phenoxy) is 1. The molecule has 29 heavy (non-hydrogen) atoms. The topological polar surface area (TPSA) is 49.7 Å². The molecular weight excluding hydrogens is 381 g/mol. The van der Waals surface area contributed by atoms with Gasteiger partial charge in [-0.25, -0.2) is 0 Å². The minimum absolute atomic E-state index is 0.147. The number of hydrogen-bond donors (Lipinski definition) is 2. The molecule has 3 aromatic rings. The molecule has 0 aliphatic rings. The summed E-state index contributed by atoms with van der Waals surface area (Å²) in [5.74, 6) is -0.147. The summed E-state index contributed by atoms with van der Waals surface area (Å²) in [5.41, 5.74) is -0.759. The van der Waals surface area contributed by atoms with Crippen LogP contribution in [-0.2, 0) is 23.6 Å². The highest BCUT2D eigenvalue weighted by Gasteiger charge is 2.51. The second-order valence-corrected chi connectivity index (χ2v) is 6.58. The van der Waals surface area contributed by atoms with Crippen LogP contribution in [0.2, 0.25) is 0 Å². The van der Waals surface area contributed by atoms with Crippen molar-refractivity contribution in [3.8, 4) is 5.75 Å². The van der Waals surface area contributed by atoms with Gasteiger partial charge in [0.05, 0.1) is 13.2 Å². The van der Waals surface area contributed by atoms with Crippen LogP contribution in [0.3, 0.4) is 0 Å². The van der Waals surface area contributed by atoms with E-state index in [1.807, 2.05) is 36.4 Å². The molecular formula is C23H23F3O3. The molecule has 0 aliphatic carbocycles. The number of rotatable bonds is 5. The first-order chi connectivity index (χ1) is 13.7. The number of phenolic OH excluding ortho intramolecular Hbond substituents is 1. The van der Waals surface area contributed by atoms with Gasteiger partial charge in [0.15, 0.2) is 5.60 Å². The minimum atomic E-state index is -4.73. The number of phenols is 1. The van der Waals surface area contributed by atoms with Crippen LogP contribution < -0.4 is 0 Å². The van der Waals surface area contributed by atoms with E-state index in [4.69, 9.17) is 9.84 Å². The lowest BCUT2D eigenvalue weighted by Gasteiger charge is -2.26.